The average Bonchev–Trinajstić information content (AvgIpc) is 3.15. The third-order valence-corrected chi connectivity index (χ3v) is 4.82. The quantitative estimate of drug-likeness (QED) is 0.477. The van der Waals surface area contributed by atoms with Crippen LogP contribution < -0.4 is 10.2 Å². The van der Waals surface area contributed by atoms with Crippen LogP contribution in [0, 0.1) is 0 Å². The highest BCUT2D eigenvalue weighted by molar-refractivity contribution is 7.14. The Morgan fingerprint density at radius 2 is 1.79 bits per heavy atom. The first-order chi connectivity index (χ1) is 13.9. The van der Waals surface area contributed by atoms with E-state index in [0.29, 0.717) is 22.1 Å². The predicted octanol–water partition coefficient (Wildman–Crippen LogP) is 4.68. The number of benzene rings is 2. The first-order valence-electron chi connectivity index (χ1n) is 8.85. The summed E-state index contributed by atoms with van der Waals surface area (Å²) in [6.07, 6.45) is 2.94. The lowest BCUT2D eigenvalue weighted by molar-refractivity contribution is -0.116. The van der Waals surface area contributed by atoms with Crippen molar-refractivity contribution >= 4 is 51.5 Å². The Labute approximate surface area is 172 Å². The molecule has 0 fully saturated rings. The Kier molecular flexibility index (Phi) is 6.31. The maximum Gasteiger partial charge on any atom is 0.248 e. The lowest BCUT2D eigenvalue weighted by Crippen LogP contribution is -2.22. The minimum absolute atomic E-state index is 0.0694. The molecule has 0 saturated heterocycles. The number of carbonyl (C=O) groups is 3. The summed E-state index contributed by atoms with van der Waals surface area (Å²) in [7, 11) is 0. The molecular formula is C22H19N3O3S. The fourth-order valence-electron chi connectivity index (χ4n) is 2.62. The zero-order valence-electron chi connectivity index (χ0n) is 16.0. The molecule has 0 unspecified atom stereocenters. The van der Waals surface area contributed by atoms with Crippen LogP contribution in [0.1, 0.15) is 29.9 Å². The molecule has 3 aromatic rings. The van der Waals surface area contributed by atoms with Crippen LogP contribution in [0.25, 0.3) is 6.08 Å². The molecule has 1 N–H and O–H groups in total. The summed E-state index contributed by atoms with van der Waals surface area (Å²) in [4.78, 5) is 41.7. The van der Waals surface area contributed by atoms with Crippen molar-refractivity contribution in [1.29, 1.82) is 0 Å². The van der Waals surface area contributed by atoms with Crippen LogP contribution in [0.3, 0.4) is 0 Å². The van der Waals surface area contributed by atoms with Crippen LogP contribution in [0.15, 0.2) is 66.1 Å². The third-order valence-electron chi connectivity index (χ3n) is 3.97. The van der Waals surface area contributed by atoms with Gasteiger partial charge < -0.3 is 5.32 Å². The van der Waals surface area contributed by atoms with Gasteiger partial charge in [0.25, 0.3) is 0 Å². The van der Waals surface area contributed by atoms with E-state index in [4.69, 9.17) is 0 Å². The van der Waals surface area contributed by atoms with E-state index in [1.54, 1.807) is 35.7 Å². The normalized spacial score (nSPS) is 10.7. The zero-order chi connectivity index (χ0) is 20.8. The molecule has 0 bridgehead atoms. The standard InChI is InChI=1S/C22H19N3O3S/c1-15(26)17-7-6-8-18(13-17)23-21(28)12-11-19-14-29-22(24-19)25(16(2)27)20-9-4-3-5-10-20/h3-14H,1-2H3,(H,23,28). The number of hydrogen-bond acceptors (Lipinski definition) is 5. The van der Waals surface area contributed by atoms with Crippen molar-refractivity contribution in [3.8, 4) is 0 Å². The number of thiazole rings is 1. The minimum Gasteiger partial charge on any atom is -0.322 e. The second kappa shape index (κ2) is 9.07. The van der Waals surface area contributed by atoms with Gasteiger partial charge in [-0.25, -0.2) is 4.98 Å². The van der Waals surface area contributed by atoms with Gasteiger partial charge in [0.2, 0.25) is 11.8 Å². The van der Waals surface area contributed by atoms with Crippen LogP contribution in [0.5, 0.6) is 0 Å². The van der Waals surface area contributed by atoms with Gasteiger partial charge in [-0.2, -0.15) is 0 Å². The van der Waals surface area contributed by atoms with Crippen molar-refractivity contribution in [2.24, 2.45) is 0 Å². The molecule has 0 aliphatic heterocycles. The molecule has 7 heteroatoms. The van der Waals surface area contributed by atoms with E-state index in [0.717, 1.165) is 5.69 Å². The van der Waals surface area contributed by atoms with Crippen molar-refractivity contribution in [1.82, 2.24) is 4.98 Å². The highest BCUT2D eigenvalue weighted by Crippen LogP contribution is 2.29. The molecule has 1 heterocycles. The molecule has 3 rings (SSSR count). The molecule has 29 heavy (non-hydrogen) atoms. The number of anilines is 3. The molecule has 2 amide bonds. The van der Waals surface area contributed by atoms with E-state index in [1.807, 2.05) is 30.3 Å². The van der Waals surface area contributed by atoms with Gasteiger partial charge in [0, 0.05) is 29.6 Å². The number of Topliss-reactive ketones (excluding diaryl/α,β-unsaturated/α-hetero) is 1. The molecule has 1 aromatic heterocycles. The van der Waals surface area contributed by atoms with Crippen LogP contribution in [-0.4, -0.2) is 22.6 Å². The van der Waals surface area contributed by atoms with Crippen LogP contribution in [-0.2, 0) is 9.59 Å². The average molecular weight is 405 g/mol. The Morgan fingerprint density at radius 3 is 2.48 bits per heavy atom. The SMILES string of the molecule is CC(=O)c1cccc(NC(=O)C=Cc2csc(N(C(C)=O)c3ccccc3)n2)c1. The van der Waals surface area contributed by atoms with Crippen molar-refractivity contribution in [3.63, 3.8) is 0 Å². The number of ketones is 1. The van der Waals surface area contributed by atoms with E-state index in [9.17, 15) is 14.4 Å². The molecular weight excluding hydrogens is 386 g/mol. The first-order valence-corrected chi connectivity index (χ1v) is 9.73. The van der Waals surface area contributed by atoms with Gasteiger partial charge in [0.1, 0.15) is 0 Å². The van der Waals surface area contributed by atoms with E-state index in [-0.39, 0.29) is 17.6 Å². The lowest BCUT2D eigenvalue weighted by atomic mass is 10.1. The monoisotopic (exact) mass is 405 g/mol. The Bertz CT molecular complexity index is 1070. The summed E-state index contributed by atoms with van der Waals surface area (Å²) < 4.78 is 0. The topological polar surface area (TPSA) is 79.4 Å². The van der Waals surface area contributed by atoms with E-state index >= 15 is 0 Å². The van der Waals surface area contributed by atoms with Gasteiger partial charge in [-0.3, -0.25) is 19.3 Å². The second-order valence-corrected chi connectivity index (χ2v) is 7.04. The van der Waals surface area contributed by atoms with Crippen LogP contribution in [0.4, 0.5) is 16.5 Å². The van der Waals surface area contributed by atoms with Crippen LogP contribution >= 0.6 is 11.3 Å². The minimum atomic E-state index is -0.341. The van der Waals surface area contributed by atoms with Crippen molar-refractivity contribution < 1.29 is 14.4 Å². The van der Waals surface area contributed by atoms with E-state index < -0.39 is 0 Å². The summed E-state index contributed by atoms with van der Waals surface area (Å²) in [6, 6.07) is 16.0. The molecule has 0 aliphatic rings. The van der Waals surface area contributed by atoms with Crippen molar-refractivity contribution in [2.45, 2.75) is 13.8 Å². The number of para-hydroxylation sites is 1. The molecule has 0 saturated carbocycles. The van der Waals surface area contributed by atoms with Gasteiger partial charge in [-0.1, -0.05) is 30.3 Å². The molecule has 0 radical (unpaired) electrons. The number of nitrogens with one attached hydrogen (secondary N) is 1. The predicted molar refractivity (Wildman–Crippen MR) is 115 cm³/mol. The Hall–Kier alpha value is -3.58. The van der Waals surface area contributed by atoms with Gasteiger partial charge in [0.15, 0.2) is 10.9 Å². The summed E-state index contributed by atoms with van der Waals surface area (Å²) in [5.74, 6) is -0.559. The summed E-state index contributed by atoms with van der Waals surface area (Å²) in [6.45, 7) is 2.95. The largest absolute Gasteiger partial charge is 0.322 e. The van der Waals surface area contributed by atoms with Crippen molar-refractivity contribution in [3.05, 3.63) is 77.3 Å². The number of rotatable bonds is 6. The maximum atomic E-state index is 12.2. The molecule has 0 aliphatic carbocycles. The van der Waals surface area contributed by atoms with Crippen molar-refractivity contribution in [2.75, 3.05) is 10.2 Å². The summed E-state index contributed by atoms with van der Waals surface area (Å²) in [5.41, 5.74) is 2.37. The summed E-state index contributed by atoms with van der Waals surface area (Å²) in [5, 5.41) is 5.01. The third kappa shape index (κ3) is 5.24. The first kappa shape index (κ1) is 20.2. The highest BCUT2D eigenvalue weighted by Gasteiger charge is 2.17. The molecule has 0 spiro atoms. The molecule has 6 nitrogen and oxygen atoms in total. The van der Waals surface area contributed by atoms with E-state index in [1.165, 1.54) is 36.2 Å². The molecule has 0 atom stereocenters. The lowest BCUT2D eigenvalue weighted by Gasteiger charge is -2.17. The smallest absolute Gasteiger partial charge is 0.248 e. The zero-order valence-corrected chi connectivity index (χ0v) is 16.8. The molecule has 146 valence electrons. The highest BCUT2D eigenvalue weighted by atomic mass is 32.1. The summed E-state index contributed by atoms with van der Waals surface area (Å²) >= 11 is 1.32. The van der Waals surface area contributed by atoms with Gasteiger partial charge in [0.05, 0.1) is 11.4 Å². The second-order valence-electron chi connectivity index (χ2n) is 6.20. The van der Waals surface area contributed by atoms with Gasteiger partial charge >= 0.3 is 0 Å². The number of nitrogens with zero attached hydrogens (tertiary/aromatic N) is 2. The fraction of sp³-hybridized carbons (Fsp3) is 0.0909. The molecule has 2 aromatic carbocycles. The number of carbonyl (C=O) groups excluding carboxylic acids is 3. The van der Waals surface area contributed by atoms with E-state index in [2.05, 4.69) is 10.3 Å². The van der Waals surface area contributed by atoms with Gasteiger partial charge in [-0.05, 0) is 37.3 Å². The van der Waals surface area contributed by atoms with Gasteiger partial charge in [-0.15, -0.1) is 11.3 Å². The fourth-order valence-corrected chi connectivity index (χ4v) is 3.48. The number of aromatic nitrogens is 1. The number of hydrogen-bond donors (Lipinski definition) is 1. The maximum absolute atomic E-state index is 12.2. The Balaban J connectivity index is 1.71. The Morgan fingerprint density at radius 1 is 1.03 bits per heavy atom. The number of amides is 2. The van der Waals surface area contributed by atoms with Crippen LogP contribution in [0.2, 0.25) is 0 Å².